The standard InChI is InChI=1S/C10H13NO2/c1-7(10(11)13)6-8-2-4-9(12)5-3-8/h2-5,7,12H,6H2,1H3,(H2,11,13)/p+1/t7-/m0/s1. The Hall–Kier alpha value is -1.51. The van der Waals surface area contributed by atoms with Crippen LogP contribution in [-0.2, 0) is 11.2 Å². The van der Waals surface area contributed by atoms with Crippen molar-refractivity contribution in [2.75, 3.05) is 0 Å². The molecule has 1 aromatic carbocycles. The Labute approximate surface area is 77.2 Å². The molecule has 1 atom stereocenters. The van der Waals surface area contributed by atoms with Crippen LogP contribution in [0.5, 0.6) is 5.75 Å². The molecule has 0 aromatic heterocycles. The Morgan fingerprint density at radius 1 is 1.46 bits per heavy atom. The molecule has 4 N–H and O–H groups in total. The van der Waals surface area contributed by atoms with Gasteiger partial charge in [-0.2, -0.15) is 0 Å². The average molecular weight is 180 g/mol. The van der Waals surface area contributed by atoms with Crippen LogP contribution >= 0.6 is 0 Å². The van der Waals surface area contributed by atoms with Crippen molar-refractivity contribution in [3.63, 3.8) is 0 Å². The van der Waals surface area contributed by atoms with Gasteiger partial charge >= 0.3 is 0 Å². The normalized spacial score (nSPS) is 12.4. The van der Waals surface area contributed by atoms with Crippen LogP contribution < -0.4 is 5.73 Å². The molecule has 1 rings (SSSR count). The second-order valence-electron chi connectivity index (χ2n) is 3.20. The maximum Gasteiger partial charge on any atom is 0.253 e. The lowest BCUT2D eigenvalue weighted by atomic mass is 10.0. The number of primary amides is 1. The predicted molar refractivity (Wildman–Crippen MR) is 51.6 cm³/mol. The van der Waals surface area contributed by atoms with E-state index in [0.717, 1.165) is 5.56 Å². The van der Waals surface area contributed by atoms with Crippen LogP contribution in [0.25, 0.3) is 0 Å². The van der Waals surface area contributed by atoms with E-state index in [-0.39, 0.29) is 11.8 Å². The van der Waals surface area contributed by atoms with E-state index in [1.165, 1.54) is 0 Å². The van der Waals surface area contributed by atoms with Crippen molar-refractivity contribution in [3.05, 3.63) is 29.8 Å². The molecule has 70 valence electrons. The first-order chi connectivity index (χ1) is 6.09. The fourth-order valence-electron chi connectivity index (χ4n) is 1.09. The second-order valence-corrected chi connectivity index (χ2v) is 3.20. The molecule has 1 amide bonds. The molecule has 0 unspecified atom stereocenters. The van der Waals surface area contributed by atoms with Gasteiger partial charge in [-0.1, -0.05) is 6.92 Å². The molecule has 0 radical (unpaired) electrons. The number of rotatable bonds is 3. The summed E-state index contributed by atoms with van der Waals surface area (Å²) < 4.78 is 0. The highest BCUT2D eigenvalue weighted by Crippen LogP contribution is 2.13. The van der Waals surface area contributed by atoms with Crippen molar-refractivity contribution >= 4 is 5.91 Å². The molecule has 0 saturated heterocycles. The Bertz CT molecular complexity index is 292. The predicted octanol–water partition coefficient (Wildman–Crippen LogP) is 0.788. The third-order valence-corrected chi connectivity index (χ3v) is 1.98. The number of hydrogen-bond donors (Lipinski definition) is 1. The zero-order chi connectivity index (χ0) is 9.84. The van der Waals surface area contributed by atoms with Crippen LogP contribution in [-0.4, -0.2) is 11.0 Å². The summed E-state index contributed by atoms with van der Waals surface area (Å²) in [4.78, 5) is 10.8. The smallest absolute Gasteiger partial charge is 0.253 e. The zero-order valence-corrected chi connectivity index (χ0v) is 7.58. The number of carbonyl (C=O) groups excluding carboxylic acids is 1. The Balaban J connectivity index is 2.64. The molecule has 0 saturated carbocycles. The molecule has 0 heterocycles. The number of hydrogen-bond acceptors (Lipinski definition) is 1. The van der Waals surface area contributed by atoms with E-state index in [1.54, 1.807) is 19.1 Å². The molecule has 0 bridgehead atoms. The summed E-state index contributed by atoms with van der Waals surface area (Å²) in [6.07, 6.45) is 0.648. The van der Waals surface area contributed by atoms with Crippen molar-refractivity contribution < 1.29 is 9.90 Å². The van der Waals surface area contributed by atoms with Crippen LogP contribution in [0.15, 0.2) is 24.3 Å². The van der Waals surface area contributed by atoms with E-state index in [0.29, 0.717) is 12.2 Å². The van der Waals surface area contributed by atoms with Gasteiger partial charge in [0, 0.05) is 18.1 Å². The molecular formula is C10H14NO2+. The average Bonchev–Trinajstić information content (AvgIpc) is 2.08. The van der Waals surface area contributed by atoms with Gasteiger partial charge in [-0.25, -0.2) is 0 Å². The van der Waals surface area contributed by atoms with Gasteiger partial charge < -0.3 is 10.8 Å². The van der Waals surface area contributed by atoms with Crippen LogP contribution in [0, 0.1) is 5.92 Å². The molecule has 13 heavy (non-hydrogen) atoms. The van der Waals surface area contributed by atoms with Gasteiger partial charge in [-0.3, -0.25) is 4.79 Å². The quantitative estimate of drug-likeness (QED) is 0.686. The Morgan fingerprint density at radius 2 is 2.00 bits per heavy atom. The topological polar surface area (TPSA) is 66.0 Å². The van der Waals surface area contributed by atoms with Gasteiger partial charge in [-0.15, -0.1) is 0 Å². The van der Waals surface area contributed by atoms with E-state index in [1.807, 2.05) is 12.1 Å². The van der Waals surface area contributed by atoms with Crippen LogP contribution in [0.1, 0.15) is 12.5 Å². The fraction of sp³-hybridized carbons (Fsp3) is 0.300. The van der Waals surface area contributed by atoms with Crippen LogP contribution in [0.4, 0.5) is 0 Å². The highest BCUT2D eigenvalue weighted by Gasteiger charge is 2.09. The van der Waals surface area contributed by atoms with E-state index in [9.17, 15) is 4.79 Å². The van der Waals surface area contributed by atoms with Crippen molar-refractivity contribution in [3.8, 4) is 5.75 Å². The third kappa shape index (κ3) is 2.78. The highest BCUT2D eigenvalue weighted by atomic mass is 16.3. The van der Waals surface area contributed by atoms with Gasteiger partial charge in [0.15, 0.2) is 0 Å². The Kier molecular flexibility index (Phi) is 2.90. The molecule has 0 aliphatic heterocycles. The third-order valence-electron chi connectivity index (χ3n) is 1.98. The number of nitrogens with two attached hydrogens (primary N) is 1. The molecule has 0 aliphatic carbocycles. The Morgan fingerprint density at radius 3 is 2.46 bits per heavy atom. The summed E-state index contributed by atoms with van der Waals surface area (Å²) in [5.41, 5.74) is 6.18. The zero-order valence-electron chi connectivity index (χ0n) is 7.58. The van der Waals surface area contributed by atoms with E-state index in [2.05, 4.69) is 0 Å². The van der Waals surface area contributed by atoms with E-state index in [4.69, 9.17) is 10.8 Å². The summed E-state index contributed by atoms with van der Waals surface area (Å²) in [5.74, 6) is 0.0574. The maximum atomic E-state index is 10.8. The van der Waals surface area contributed by atoms with Crippen molar-refractivity contribution in [1.29, 1.82) is 0 Å². The van der Waals surface area contributed by atoms with E-state index < -0.39 is 0 Å². The van der Waals surface area contributed by atoms with Crippen LogP contribution in [0.3, 0.4) is 0 Å². The largest absolute Gasteiger partial charge is 0.593 e. The van der Waals surface area contributed by atoms with Crippen molar-refractivity contribution in [2.45, 2.75) is 13.3 Å². The molecule has 3 heteroatoms. The second kappa shape index (κ2) is 3.94. The number of amides is 1. The monoisotopic (exact) mass is 180 g/mol. The minimum Gasteiger partial charge on any atom is -0.593 e. The fourth-order valence-corrected chi connectivity index (χ4v) is 1.09. The SMILES string of the molecule is C[C@@H](Cc1ccc([OH2+])cc1)C(N)=O. The van der Waals surface area contributed by atoms with Gasteiger partial charge in [0.05, 0.1) is 0 Å². The summed E-state index contributed by atoms with van der Waals surface area (Å²) in [7, 11) is 0. The lowest BCUT2D eigenvalue weighted by molar-refractivity contribution is -0.121. The molecule has 0 fully saturated rings. The lowest BCUT2D eigenvalue weighted by Crippen LogP contribution is -2.22. The first kappa shape index (κ1) is 9.58. The summed E-state index contributed by atoms with van der Waals surface area (Å²) in [6, 6.07) is 7.12. The lowest BCUT2D eigenvalue weighted by Gasteiger charge is -2.05. The maximum absolute atomic E-state index is 10.8. The van der Waals surface area contributed by atoms with Gasteiger partial charge in [-0.05, 0) is 24.1 Å². The van der Waals surface area contributed by atoms with Gasteiger partial charge in [0.1, 0.15) is 0 Å². The molecule has 1 aromatic rings. The number of carbonyl (C=O) groups is 1. The number of benzene rings is 1. The highest BCUT2D eigenvalue weighted by molar-refractivity contribution is 5.76. The molecular weight excluding hydrogens is 166 g/mol. The van der Waals surface area contributed by atoms with Crippen molar-refractivity contribution in [2.24, 2.45) is 11.7 Å². The summed E-state index contributed by atoms with van der Waals surface area (Å²) in [6.45, 7) is 1.80. The molecule has 3 nitrogen and oxygen atoms in total. The molecule has 0 aliphatic rings. The first-order valence-corrected chi connectivity index (χ1v) is 4.19. The summed E-state index contributed by atoms with van der Waals surface area (Å²) >= 11 is 0. The van der Waals surface area contributed by atoms with Crippen LogP contribution in [0.2, 0.25) is 0 Å². The molecule has 0 spiro atoms. The minimum atomic E-state index is -0.282. The van der Waals surface area contributed by atoms with E-state index >= 15 is 0 Å². The summed E-state index contributed by atoms with van der Waals surface area (Å²) in [5, 5.41) is 7.27. The minimum absolute atomic E-state index is 0.142. The van der Waals surface area contributed by atoms with Gasteiger partial charge in [0.2, 0.25) is 5.91 Å². The van der Waals surface area contributed by atoms with Crippen molar-refractivity contribution in [1.82, 2.24) is 0 Å². The van der Waals surface area contributed by atoms with Gasteiger partial charge in [0.25, 0.3) is 5.75 Å². The first-order valence-electron chi connectivity index (χ1n) is 4.19.